The summed E-state index contributed by atoms with van der Waals surface area (Å²) in [6, 6.07) is 14.0. The number of pyridine rings is 2. The Morgan fingerprint density at radius 1 is 1.00 bits per heavy atom. The van der Waals surface area contributed by atoms with Gasteiger partial charge in [0.15, 0.2) is 5.82 Å². The lowest BCUT2D eigenvalue weighted by Crippen LogP contribution is -2.03. The van der Waals surface area contributed by atoms with Gasteiger partial charge in [-0.15, -0.1) is 0 Å². The SMILES string of the molecule is Brc1ccc2c(NCc3ccnc(-n4cccn4)c3)ccnc2c1. The number of halogens is 1. The lowest BCUT2D eigenvalue weighted by atomic mass is 10.2. The maximum absolute atomic E-state index is 4.41. The molecule has 0 saturated carbocycles. The number of benzene rings is 1. The molecule has 4 aromatic rings. The van der Waals surface area contributed by atoms with Crippen LogP contribution in [0.3, 0.4) is 0 Å². The van der Waals surface area contributed by atoms with Gasteiger partial charge in [-0.05, 0) is 48.0 Å². The Hall–Kier alpha value is -2.73. The first-order valence-electron chi connectivity index (χ1n) is 7.53. The van der Waals surface area contributed by atoms with Crippen molar-refractivity contribution >= 4 is 32.5 Å². The fourth-order valence-electron chi connectivity index (χ4n) is 2.57. The molecule has 1 N–H and O–H groups in total. The minimum atomic E-state index is 0.700. The highest BCUT2D eigenvalue weighted by Gasteiger charge is 2.04. The van der Waals surface area contributed by atoms with Crippen molar-refractivity contribution in [2.75, 3.05) is 5.32 Å². The van der Waals surface area contributed by atoms with Crippen molar-refractivity contribution in [2.24, 2.45) is 0 Å². The van der Waals surface area contributed by atoms with E-state index < -0.39 is 0 Å². The van der Waals surface area contributed by atoms with Crippen LogP contribution in [0.2, 0.25) is 0 Å². The lowest BCUT2D eigenvalue weighted by Gasteiger charge is -2.10. The maximum atomic E-state index is 4.41. The average molecular weight is 380 g/mol. The average Bonchev–Trinajstić information content (AvgIpc) is 3.14. The normalized spacial score (nSPS) is 10.9. The van der Waals surface area contributed by atoms with Gasteiger partial charge in [-0.2, -0.15) is 5.10 Å². The molecule has 0 radical (unpaired) electrons. The van der Waals surface area contributed by atoms with Crippen LogP contribution in [0.5, 0.6) is 0 Å². The minimum absolute atomic E-state index is 0.700. The zero-order chi connectivity index (χ0) is 16.4. The Labute approximate surface area is 147 Å². The number of anilines is 1. The second-order valence-corrected chi connectivity index (χ2v) is 6.26. The molecule has 0 aliphatic rings. The molecule has 5 nitrogen and oxygen atoms in total. The number of hydrogen-bond donors (Lipinski definition) is 1. The van der Waals surface area contributed by atoms with Crippen molar-refractivity contribution in [1.82, 2.24) is 19.7 Å². The Kier molecular flexibility index (Phi) is 3.96. The summed E-state index contributed by atoms with van der Waals surface area (Å²) < 4.78 is 2.78. The van der Waals surface area contributed by atoms with Gasteiger partial charge in [-0.3, -0.25) is 4.98 Å². The zero-order valence-corrected chi connectivity index (χ0v) is 14.3. The fourth-order valence-corrected chi connectivity index (χ4v) is 2.92. The maximum Gasteiger partial charge on any atom is 0.153 e. The van der Waals surface area contributed by atoms with Crippen molar-refractivity contribution in [2.45, 2.75) is 6.54 Å². The molecule has 0 aliphatic heterocycles. The molecule has 0 atom stereocenters. The quantitative estimate of drug-likeness (QED) is 0.577. The molecule has 0 amide bonds. The second kappa shape index (κ2) is 6.41. The van der Waals surface area contributed by atoms with Crippen molar-refractivity contribution in [1.29, 1.82) is 0 Å². The first-order valence-corrected chi connectivity index (χ1v) is 8.32. The summed E-state index contributed by atoms with van der Waals surface area (Å²) in [7, 11) is 0. The van der Waals surface area contributed by atoms with Crippen LogP contribution < -0.4 is 5.32 Å². The first kappa shape index (κ1) is 14.8. The van der Waals surface area contributed by atoms with Crippen LogP contribution in [0, 0.1) is 0 Å². The molecule has 1 aromatic carbocycles. The molecule has 0 spiro atoms. The van der Waals surface area contributed by atoms with Crippen molar-refractivity contribution in [3.05, 3.63) is 77.3 Å². The molecular weight excluding hydrogens is 366 g/mol. The molecule has 0 bridgehead atoms. The van der Waals surface area contributed by atoms with E-state index in [1.54, 1.807) is 17.1 Å². The van der Waals surface area contributed by atoms with Crippen LogP contribution in [0.25, 0.3) is 16.7 Å². The lowest BCUT2D eigenvalue weighted by molar-refractivity contribution is 0.843. The van der Waals surface area contributed by atoms with Gasteiger partial charge in [-0.25, -0.2) is 9.67 Å². The predicted octanol–water partition coefficient (Wildman–Crippen LogP) is 4.19. The third kappa shape index (κ3) is 3.00. The van der Waals surface area contributed by atoms with Gasteiger partial charge in [0.25, 0.3) is 0 Å². The number of nitrogens with zero attached hydrogens (tertiary/aromatic N) is 4. The second-order valence-electron chi connectivity index (χ2n) is 5.35. The Balaban J connectivity index is 1.58. The van der Waals surface area contributed by atoms with Crippen LogP contribution in [0.15, 0.2) is 71.7 Å². The van der Waals surface area contributed by atoms with E-state index in [1.165, 1.54) is 0 Å². The van der Waals surface area contributed by atoms with Gasteiger partial charge in [-0.1, -0.05) is 15.9 Å². The van der Waals surface area contributed by atoms with Gasteiger partial charge >= 0.3 is 0 Å². The van der Waals surface area contributed by atoms with Crippen LogP contribution in [-0.2, 0) is 6.54 Å². The molecule has 118 valence electrons. The van der Waals surface area contributed by atoms with E-state index >= 15 is 0 Å². The van der Waals surface area contributed by atoms with Gasteiger partial charge in [0, 0.05) is 46.9 Å². The van der Waals surface area contributed by atoms with E-state index in [0.717, 1.165) is 32.4 Å². The predicted molar refractivity (Wildman–Crippen MR) is 98.1 cm³/mol. The summed E-state index contributed by atoms with van der Waals surface area (Å²) in [5.41, 5.74) is 3.16. The number of fused-ring (bicyclic) bond motifs is 1. The van der Waals surface area contributed by atoms with Crippen LogP contribution in [0.1, 0.15) is 5.56 Å². The molecule has 3 aromatic heterocycles. The number of hydrogen-bond acceptors (Lipinski definition) is 4. The minimum Gasteiger partial charge on any atom is -0.380 e. The van der Waals surface area contributed by atoms with E-state index in [0.29, 0.717) is 6.54 Å². The highest BCUT2D eigenvalue weighted by molar-refractivity contribution is 9.10. The highest BCUT2D eigenvalue weighted by atomic mass is 79.9. The van der Waals surface area contributed by atoms with Crippen LogP contribution >= 0.6 is 15.9 Å². The largest absolute Gasteiger partial charge is 0.380 e. The molecule has 24 heavy (non-hydrogen) atoms. The summed E-state index contributed by atoms with van der Waals surface area (Å²) >= 11 is 3.48. The standard InChI is InChI=1S/C18H14BrN5/c19-14-2-3-15-16(5-8-20-17(15)11-14)22-12-13-4-7-21-18(10-13)24-9-1-6-23-24/h1-11H,12H2,(H,20,22). The molecule has 0 aliphatic carbocycles. The Morgan fingerprint density at radius 3 is 2.79 bits per heavy atom. The van der Waals surface area contributed by atoms with Crippen molar-refractivity contribution < 1.29 is 0 Å². The summed E-state index contributed by atoms with van der Waals surface area (Å²) in [6.07, 6.45) is 7.25. The third-order valence-electron chi connectivity index (χ3n) is 3.74. The monoisotopic (exact) mass is 379 g/mol. The molecule has 0 fully saturated rings. The van der Waals surface area contributed by atoms with Gasteiger partial charge in [0.05, 0.1) is 5.52 Å². The van der Waals surface area contributed by atoms with Crippen molar-refractivity contribution in [3.8, 4) is 5.82 Å². The summed E-state index contributed by atoms with van der Waals surface area (Å²) in [5, 5.41) is 8.80. The van der Waals surface area contributed by atoms with Gasteiger partial charge in [0.1, 0.15) is 0 Å². The van der Waals surface area contributed by atoms with Gasteiger partial charge in [0.2, 0.25) is 0 Å². The molecule has 0 saturated heterocycles. The summed E-state index contributed by atoms with van der Waals surface area (Å²) in [6.45, 7) is 0.700. The number of rotatable bonds is 4. The van der Waals surface area contributed by atoms with E-state index in [-0.39, 0.29) is 0 Å². The fraction of sp³-hybridized carbons (Fsp3) is 0.0556. The topological polar surface area (TPSA) is 55.6 Å². The molecule has 4 rings (SSSR count). The van der Waals surface area contributed by atoms with E-state index in [4.69, 9.17) is 0 Å². The summed E-state index contributed by atoms with van der Waals surface area (Å²) in [4.78, 5) is 8.77. The number of nitrogens with one attached hydrogen (secondary N) is 1. The Bertz CT molecular complexity index is 982. The van der Waals surface area contributed by atoms with E-state index in [9.17, 15) is 0 Å². The first-order chi connectivity index (χ1) is 11.8. The molecular formula is C18H14BrN5. The number of aromatic nitrogens is 4. The third-order valence-corrected chi connectivity index (χ3v) is 4.23. The van der Waals surface area contributed by atoms with Gasteiger partial charge < -0.3 is 5.32 Å². The highest BCUT2D eigenvalue weighted by Crippen LogP contribution is 2.25. The summed E-state index contributed by atoms with van der Waals surface area (Å²) in [5.74, 6) is 0.808. The molecule has 6 heteroatoms. The zero-order valence-electron chi connectivity index (χ0n) is 12.7. The van der Waals surface area contributed by atoms with Crippen molar-refractivity contribution in [3.63, 3.8) is 0 Å². The Morgan fingerprint density at radius 2 is 1.92 bits per heavy atom. The molecule has 3 heterocycles. The van der Waals surface area contributed by atoms with E-state index in [1.807, 2.05) is 48.8 Å². The van der Waals surface area contributed by atoms with Crippen LogP contribution in [0.4, 0.5) is 5.69 Å². The van der Waals surface area contributed by atoms with E-state index in [2.05, 4.69) is 42.4 Å². The van der Waals surface area contributed by atoms with Crippen LogP contribution in [-0.4, -0.2) is 19.7 Å². The molecule has 0 unspecified atom stereocenters. The smallest absolute Gasteiger partial charge is 0.153 e.